The van der Waals surface area contributed by atoms with E-state index in [2.05, 4.69) is 18.9 Å². The Balaban J connectivity index is 2.20. The predicted molar refractivity (Wildman–Crippen MR) is 84.1 cm³/mol. The number of aryl methyl sites for hydroxylation is 2. The number of hydrogen-bond donors (Lipinski definition) is 1. The monoisotopic (exact) mass is 292 g/mol. The van der Waals surface area contributed by atoms with Gasteiger partial charge in [0.25, 0.3) is 0 Å². The smallest absolute Gasteiger partial charge is 0.229 e. The fraction of sp³-hybridized carbons (Fsp3) is 0.750. The molecule has 0 aromatic carbocycles. The molecule has 0 saturated carbocycles. The lowest BCUT2D eigenvalue weighted by atomic mass is 9.79. The number of amides is 1. The van der Waals surface area contributed by atoms with Crippen LogP contribution in [0, 0.1) is 19.3 Å². The Morgan fingerprint density at radius 2 is 2.05 bits per heavy atom. The van der Waals surface area contributed by atoms with Gasteiger partial charge in [0.15, 0.2) is 0 Å². The maximum absolute atomic E-state index is 12.9. The third kappa shape index (κ3) is 2.84. The number of nitrogens with zero attached hydrogens (tertiary/aromatic N) is 3. The van der Waals surface area contributed by atoms with E-state index in [1.165, 1.54) is 0 Å². The topological polar surface area (TPSA) is 64.2 Å². The van der Waals surface area contributed by atoms with E-state index in [0.717, 1.165) is 36.5 Å². The van der Waals surface area contributed by atoms with Gasteiger partial charge < -0.3 is 10.6 Å². The fourth-order valence-electron chi connectivity index (χ4n) is 3.38. The van der Waals surface area contributed by atoms with Crippen LogP contribution in [0.15, 0.2) is 0 Å². The van der Waals surface area contributed by atoms with Crippen molar-refractivity contribution in [2.45, 2.75) is 53.0 Å². The molecule has 0 radical (unpaired) electrons. The molecule has 1 aromatic heterocycles. The van der Waals surface area contributed by atoms with E-state index in [9.17, 15) is 4.79 Å². The minimum absolute atomic E-state index is 0.0212. The SMILES string of the molecule is Cc1nn(C)c(C)c1C(C)C(=O)N1CCC(N)C(C)(C)C1. The molecule has 2 N–H and O–H groups in total. The summed E-state index contributed by atoms with van der Waals surface area (Å²) in [6.07, 6.45) is 0.871. The standard InChI is InChI=1S/C16H28N4O/c1-10(14-11(2)18-19(6)12(14)3)15(21)20-8-7-13(17)16(4,5)9-20/h10,13H,7-9,17H2,1-6H3. The molecule has 21 heavy (non-hydrogen) atoms. The van der Waals surface area contributed by atoms with Gasteiger partial charge in [0.2, 0.25) is 5.91 Å². The Morgan fingerprint density at radius 3 is 2.52 bits per heavy atom. The van der Waals surface area contributed by atoms with Crippen molar-refractivity contribution in [3.05, 3.63) is 17.0 Å². The van der Waals surface area contributed by atoms with Gasteiger partial charge in [-0.3, -0.25) is 9.48 Å². The predicted octanol–water partition coefficient (Wildman–Crippen LogP) is 1.73. The van der Waals surface area contributed by atoms with Crippen LogP contribution in [0.1, 0.15) is 50.1 Å². The van der Waals surface area contributed by atoms with Crippen LogP contribution < -0.4 is 5.73 Å². The summed E-state index contributed by atoms with van der Waals surface area (Å²) in [5.41, 5.74) is 9.22. The van der Waals surface area contributed by atoms with Gasteiger partial charge in [0.05, 0.1) is 11.6 Å². The van der Waals surface area contributed by atoms with Crippen molar-refractivity contribution in [2.24, 2.45) is 18.2 Å². The molecule has 2 unspecified atom stereocenters. The van der Waals surface area contributed by atoms with E-state index >= 15 is 0 Å². The minimum atomic E-state index is -0.149. The second-order valence-electron chi connectivity index (χ2n) is 7.07. The number of rotatable bonds is 2. The molecule has 2 heterocycles. The van der Waals surface area contributed by atoms with Crippen LogP contribution in [-0.4, -0.2) is 39.7 Å². The van der Waals surface area contributed by atoms with Crippen LogP contribution >= 0.6 is 0 Å². The summed E-state index contributed by atoms with van der Waals surface area (Å²) < 4.78 is 1.85. The summed E-state index contributed by atoms with van der Waals surface area (Å²) >= 11 is 0. The highest BCUT2D eigenvalue weighted by molar-refractivity contribution is 5.84. The number of carbonyl (C=O) groups is 1. The molecule has 5 heteroatoms. The van der Waals surface area contributed by atoms with Crippen LogP contribution in [0.2, 0.25) is 0 Å². The second-order valence-corrected chi connectivity index (χ2v) is 7.07. The third-order valence-corrected chi connectivity index (χ3v) is 4.99. The van der Waals surface area contributed by atoms with E-state index in [-0.39, 0.29) is 23.3 Å². The van der Waals surface area contributed by atoms with Crippen molar-refractivity contribution in [1.29, 1.82) is 0 Å². The number of likely N-dealkylation sites (tertiary alicyclic amines) is 1. The Labute approximate surface area is 127 Å². The minimum Gasteiger partial charge on any atom is -0.342 e. The third-order valence-electron chi connectivity index (χ3n) is 4.99. The molecule has 1 aliphatic heterocycles. The molecule has 2 atom stereocenters. The first-order chi connectivity index (χ1) is 9.65. The van der Waals surface area contributed by atoms with Crippen molar-refractivity contribution >= 4 is 5.91 Å². The first kappa shape index (κ1) is 16.0. The zero-order valence-electron chi connectivity index (χ0n) is 14.1. The van der Waals surface area contributed by atoms with Gasteiger partial charge >= 0.3 is 0 Å². The van der Waals surface area contributed by atoms with Crippen molar-refractivity contribution < 1.29 is 4.79 Å². The molecule has 5 nitrogen and oxygen atoms in total. The largest absolute Gasteiger partial charge is 0.342 e. The number of aromatic nitrogens is 2. The molecule has 118 valence electrons. The highest BCUT2D eigenvalue weighted by Gasteiger charge is 2.37. The van der Waals surface area contributed by atoms with Gasteiger partial charge in [0, 0.05) is 37.4 Å². The molecular formula is C16H28N4O. The molecule has 1 fully saturated rings. The Hall–Kier alpha value is -1.36. The van der Waals surface area contributed by atoms with Crippen molar-refractivity contribution in [1.82, 2.24) is 14.7 Å². The molecule has 1 aliphatic rings. The molecule has 1 amide bonds. The highest BCUT2D eigenvalue weighted by atomic mass is 16.2. The maximum atomic E-state index is 12.9. The zero-order valence-corrected chi connectivity index (χ0v) is 14.1. The lowest BCUT2D eigenvalue weighted by Gasteiger charge is -2.43. The van der Waals surface area contributed by atoms with Crippen molar-refractivity contribution in [2.75, 3.05) is 13.1 Å². The highest BCUT2D eigenvalue weighted by Crippen LogP contribution is 2.31. The quantitative estimate of drug-likeness (QED) is 0.903. The van der Waals surface area contributed by atoms with E-state index in [0.29, 0.717) is 0 Å². The summed E-state index contributed by atoms with van der Waals surface area (Å²) in [5.74, 6) is 0.0398. The summed E-state index contributed by atoms with van der Waals surface area (Å²) in [5, 5.41) is 4.43. The van der Waals surface area contributed by atoms with Crippen LogP contribution in [0.4, 0.5) is 0 Å². The Bertz CT molecular complexity index is 547. The number of nitrogens with two attached hydrogens (primary N) is 1. The molecule has 1 saturated heterocycles. The number of piperidine rings is 1. The maximum Gasteiger partial charge on any atom is 0.229 e. The van der Waals surface area contributed by atoms with Crippen molar-refractivity contribution in [3.63, 3.8) is 0 Å². The van der Waals surface area contributed by atoms with E-state index < -0.39 is 0 Å². The average molecular weight is 292 g/mol. The summed E-state index contributed by atoms with van der Waals surface area (Å²) in [6, 6.07) is 0.165. The average Bonchev–Trinajstić information content (AvgIpc) is 2.65. The van der Waals surface area contributed by atoms with Gasteiger partial charge in [-0.15, -0.1) is 0 Å². The van der Waals surface area contributed by atoms with Crippen LogP contribution in [0.5, 0.6) is 0 Å². The molecule has 0 aliphatic carbocycles. The lowest BCUT2D eigenvalue weighted by molar-refractivity contribution is -0.135. The van der Waals surface area contributed by atoms with Gasteiger partial charge in [-0.05, 0) is 32.6 Å². The molecule has 0 bridgehead atoms. The summed E-state index contributed by atoms with van der Waals surface area (Å²) in [6.45, 7) is 11.8. The van der Waals surface area contributed by atoms with Crippen LogP contribution in [0.3, 0.4) is 0 Å². The first-order valence-corrected chi connectivity index (χ1v) is 7.69. The van der Waals surface area contributed by atoms with Gasteiger partial charge in [0.1, 0.15) is 0 Å². The van der Waals surface area contributed by atoms with Crippen LogP contribution in [-0.2, 0) is 11.8 Å². The van der Waals surface area contributed by atoms with Crippen molar-refractivity contribution in [3.8, 4) is 0 Å². The zero-order chi connectivity index (χ0) is 15.9. The molecule has 1 aromatic rings. The summed E-state index contributed by atoms with van der Waals surface area (Å²) in [7, 11) is 1.92. The molecule has 0 spiro atoms. The normalized spacial score (nSPS) is 23.2. The van der Waals surface area contributed by atoms with Gasteiger partial charge in [-0.25, -0.2) is 0 Å². The second kappa shape index (κ2) is 5.44. The fourth-order valence-corrected chi connectivity index (χ4v) is 3.38. The van der Waals surface area contributed by atoms with E-state index in [1.807, 2.05) is 37.4 Å². The van der Waals surface area contributed by atoms with Gasteiger partial charge in [-0.1, -0.05) is 13.8 Å². The van der Waals surface area contributed by atoms with E-state index in [4.69, 9.17) is 5.73 Å². The number of carbonyl (C=O) groups excluding carboxylic acids is 1. The molecular weight excluding hydrogens is 264 g/mol. The Kier molecular flexibility index (Phi) is 4.15. The van der Waals surface area contributed by atoms with E-state index in [1.54, 1.807) is 0 Å². The lowest BCUT2D eigenvalue weighted by Crippen LogP contribution is -2.54. The van der Waals surface area contributed by atoms with Crippen LogP contribution in [0.25, 0.3) is 0 Å². The molecule has 2 rings (SSSR count). The summed E-state index contributed by atoms with van der Waals surface area (Å²) in [4.78, 5) is 14.8. The number of hydrogen-bond acceptors (Lipinski definition) is 3. The Morgan fingerprint density at radius 1 is 1.43 bits per heavy atom. The first-order valence-electron chi connectivity index (χ1n) is 7.69. The van der Waals surface area contributed by atoms with Gasteiger partial charge in [-0.2, -0.15) is 5.10 Å².